The molecule has 2 rings (SSSR count). The van der Waals surface area contributed by atoms with Crippen molar-refractivity contribution in [3.8, 4) is 0 Å². The lowest BCUT2D eigenvalue weighted by atomic mass is 9.84. The van der Waals surface area contributed by atoms with Crippen molar-refractivity contribution >= 4 is 15.9 Å². The molecule has 0 aliphatic carbocycles. The molecule has 18 heavy (non-hydrogen) atoms. The lowest BCUT2D eigenvalue weighted by Crippen LogP contribution is -2.39. The summed E-state index contributed by atoms with van der Waals surface area (Å²) < 4.78 is 1.22. The van der Waals surface area contributed by atoms with Crippen LogP contribution in [0.1, 0.15) is 30.0 Å². The number of hydrogen-bond donors (Lipinski definition) is 1. The summed E-state index contributed by atoms with van der Waals surface area (Å²) in [5.41, 5.74) is 2.75. The fourth-order valence-electron chi connectivity index (χ4n) is 3.06. The Morgan fingerprint density at radius 1 is 1.44 bits per heavy atom. The SMILES string of the molecule is CNCC1CCCN(C)C1c1ccc(C)c(Br)c1. The first-order valence-corrected chi connectivity index (χ1v) is 7.53. The van der Waals surface area contributed by atoms with Gasteiger partial charge in [-0.25, -0.2) is 0 Å². The Morgan fingerprint density at radius 3 is 2.89 bits per heavy atom. The molecule has 2 unspecified atom stereocenters. The second-order valence-corrected chi connectivity index (χ2v) is 6.25. The molecule has 0 radical (unpaired) electrons. The van der Waals surface area contributed by atoms with Crippen LogP contribution in [0.2, 0.25) is 0 Å². The molecular formula is C15H23BrN2. The third-order valence-corrected chi connectivity index (χ3v) is 4.87. The second-order valence-electron chi connectivity index (χ2n) is 5.39. The Kier molecular flexibility index (Phi) is 4.82. The third kappa shape index (κ3) is 2.95. The first-order valence-electron chi connectivity index (χ1n) is 6.74. The molecule has 1 aliphatic rings. The van der Waals surface area contributed by atoms with Crippen LogP contribution in [0.4, 0.5) is 0 Å². The summed E-state index contributed by atoms with van der Waals surface area (Å²) in [5.74, 6) is 0.711. The van der Waals surface area contributed by atoms with E-state index in [4.69, 9.17) is 0 Å². The van der Waals surface area contributed by atoms with Gasteiger partial charge in [0.05, 0.1) is 0 Å². The fourth-order valence-corrected chi connectivity index (χ4v) is 3.45. The summed E-state index contributed by atoms with van der Waals surface area (Å²) in [4.78, 5) is 2.50. The number of hydrogen-bond acceptors (Lipinski definition) is 2. The Bertz CT molecular complexity index is 403. The lowest BCUT2D eigenvalue weighted by Gasteiger charge is -2.39. The van der Waals surface area contributed by atoms with Crippen molar-refractivity contribution in [1.29, 1.82) is 0 Å². The summed E-state index contributed by atoms with van der Waals surface area (Å²) >= 11 is 3.66. The van der Waals surface area contributed by atoms with Gasteiger partial charge in [-0.3, -0.25) is 4.90 Å². The van der Waals surface area contributed by atoms with Crippen molar-refractivity contribution in [3.05, 3.63) is 33.8 Å². The van der Waals surface area contributed by atoms with Gasteiger partial charge in [-0.15, -0.1) is 0 Å². The Hall–Kier alpha value is -0.380. The van der Waals surface area contributed by atoms with E-state index in [0.717, 1.165) is 6.54 Å². The number of piperidine rings is 1. The predicted octanol–water partition coefficient (Wildman–Crippen LogP) is 3.36. The number of aryl methyl sites for hydroxylation is 1. The molecule has 0 amide bonds. The van der Waals surface area contributed by atoms with E-state index in [1.807, 2.05) is 0 Å². The molecule has 3 heteroatoms. The number of likely N-dealkylation sites (tertiary alicyclic amines) is 1. The Morgan fingerprint density at radius 2 is 2.22 bits per heavy atom. The predicted molar refractivity (Wildman–Crippen MR) is 80.9 cm³/mol. The highest BCUT2D eigenvalue weighted by molar-refractivity contribution is 9.10. The monoisotopic (exact) mass is 310 g/mol. The molecule has 1 heterocycles. The number of nitrogens with one attached hydrogen (secondary N) is 1. The fraction of sp³-hybridized carbons (Fsp3) is 0.600. The van der Waals surface area contributed by atoms with E-state index in [-0.39, 0.29) is 0 Å². The average Bonchev–Trinajstić information content (AvgIpc) is 2.34. The van der Waals surface area contributed by atoms with Crippen LogP contribution < -0.4 is 5.32 Å². The average molecular weight is 311 g/mol. The van der Waals surface area contributed by atoms with Gasteiger partial charge < -0.3 is 5.32 Å². The molecule has 1 aliphatic heterocycles. The largest absolute Gasteiger partial charge is 0.319 e. The molecule has 0 bridgehead atoms. The van der Waals surface area contributed by atoms with Gasteiger partial charge in [-0.2, -0.15) is 0 Å². The van der Waals surface area contributed by atoms with Crippen LogP contribution in [0.25, 0.3) is 0 Å². The van der Waals surface area contributed by atoms with Gasteiger partial charge in [0.1, 0.15) is 0 Å². The molecule has 1 aromatic carbocycles. The van der Waals surface area contributed by atoms with Crippen molar-refractivity contribution in [2.45, 2.75) is 25.8 Å². The summed E-state index contributed by atoms with van der Waals surface area (Å²) in [6.45, 7) is 4.44. The van der Waals surface area contributed by atoms with Crippen molar-refractivity contribution < 1.29 is 0 Å². The van der Waals surface area contributed by atoms with Gasteiger partial charge in [-0.05, 0) is 70.1 Å². The van der Waals surface area contributed by atoms with E-state index in [9.17, 15) is 0 Å². The second kappa shape index (κ2) is 6.18. The highest BCUT2D eigenvalue weighted by Crippen LogP contribution is 2.36. The zero-order chi connectivity index (χ0) is 13.1. The van der Waals surface area contributed by atoms with Crippen LogP contribution in [0.5, 0.6) is 0 Å². The van der Waals surface area contributed by atoms with Crippen molar-refractivity contribution in [1.82, 2.24) is 10.2 Å². The van der Waals surface area contributed by atoms with Crippen molar-refractivity contribution in [2.75, 3.05) is 27.2 Å². The standard InChI is InChI=1S/C15H23BrN2/c1-11-6-7-12(9-14(11)16)15-13(10-17-2)5-4-8-18(15)3/h6-7,9,13,15,17H,4-5,8,10H2,1-3H3. The van der Waals surface area contributed by atoms with Gasteiger partial charge >= 0.3 is 0 Å². The molecule has 100 valence electrons. The normalized spacial score (nSPS) is 25.3. The Balaban J connectivity index is 2.28. The number of nitrogens with zero attached hydrogens (tertiary/aromatic N) is 1. The van der Waals surface area contributed by atoms with E-state index in [1.54, 1.807) is 0 Å². The summed E-state index contributed by atoms with van der Waals surface area (Å²) in [6, 6.07) is 7.35. The van der Waals surface area contributed by atoms with Crippen molar-refractivity contribution in [3.63, 3.8) is 0 Å². The van der Waals surface area contributed by atoms with E-state index >= 15 is 0 Å². The molecule has 2 atom stereocenters. The van der Waals surface area contributed by atoms with Crippen molar-refractivity contribution in [2.24, 2.45) is 5.92 Å². The molecule has 1 saturated heterocycles. The van der Waals surface area contributed by atoms with E-state index in [1.165, 1.54) is 35.0 Å². The minimum atomic E-state index is 0.545. The van der Waals surface area contributed by atoms with Gasteiger partial charge in [0.15, 0.2) is 0 Å². The number of rotatable bonds is 3. The molecule has 1 N–H and O–H groups in total. The summed E-state index contributed by atoms with van der Waals surface area (Å²) in [7, 11) is 4.30. The first kappa shape index (κ1) is 14.0. The van der Waals surface area contributed by atoms with E-state index in [2.05, 4.69) is 65.4 Å². The molecule has 0 aromatic heterocycles. The summed E-state index contributed by atoms with van der Waals surface area (Å²) in [5, 5.41) is 3.35. The first-order chi connectivity index (χ1) is 8.63. The van der Waals surface area contributed by atoms with Gasteiger partial charge in [0.25, 0.3) is 0 Å². The molecular weight excluding hydrogens is 288 g/mol. The highest BCUT2D eigenvalue weighted by Gasteiger charge is 2.30. The maximum absolute atomic E-state index is 3.66. The van der Waals surface area contributed by atoms with Crippen LogP contribution in [-0.4, -0.2) is 32.1 Å². The molecule has 1 fully saturated rings. The van der Waals surface area contributed by atoms with Crippen LogP contribution >= 0.6 is 15.9 Å². The smallest absolute Gasteiger partial charge is 0.0385 e. The van der Waals surface area contributed by atoms with Gasteiger partial charge in [-0.1, -0.05) is 28.1 Å². The van der Waals surface area contributed by atoms with E-state index in [0.29, 0.717) is 12.0 Å². The zero-order valence-corrected chi connectivity index (χ0v) is 13.1. The number of benzene rings is 1. The van der Waals surface area contributed by atoms with Crippen LogP contribution in [0.15, 0.2) is 22.7 Å². The van der Waals surface area contributed by atoms with Gasteiger partial charge in [0, 0.05) is 10.5 Å². The maximum Gasteiger partial charge on any atom is 0.0385 e. The molecule has 1 aromatic rings. The highest BCUT2D eigenvalue weighted by atomic mass is 79.9. The van der Waals surface area contributed by atoms with Crippen LogP contribution in [0, 0.1) is 12.8 Å². The molecule has 0 spiro atoms. The third-order valence-electron chi connectivity index (χ3n) is 4.01. The Labute approximate surface area is 119 Å². The minimum Gasteiger partial charge on any atom is -0.319 e. The quantitative estimate of drug-likeness (QED) is 0.921. The number of halogens is 1. The van der Waals surface area contributed by atoms with Gasteiger partial charge in [0.2, 0.25) is 0 Å². The van der Waals surface area contributed by atoms with Crippen LogP contribution in [-0.2, 0) is 0 Å². The summed E-state index contributed by atoms with van der Waals surface area (Å²) in [6.07, 6.45) is 2.63. The minimum absolute atomic E-state index is 0.545. The lowest BCUT2D eigenvalue weighted by molar-refractivity contribution is 0.121. The zero-order valence-electron chi connectivity index (χ0n) is 11.5. The maximum atomic E-state index is 3.66. The van der Waals surface area contributed by atoms with Crippen LogP contribution in [0.3, 0.4) is 0 Å². The van der Waals surface area contributed by atoms with E-state index < -0.39 is 0 Å². The topological polar surface area (TPSA) is 15.3 Å². The molecule has 2 nitrogen and oxygen atoms in total. The molecule has 0 saturated carbocycles.